The molecule has 0 aliphatic heterocycles. The molecular formula is C24H23NO3. The number of hydrogen-bond acceptors (Lipinski definition) is 3. The molecule has 0 aliphatic carbocycles. The van der Waals surface area contributed by atoms with E-state index in [0.717, 1.165) is 27.9 Å². The highest BCUT2D eigenvalue weighted by atomic mass is 16.5. The monoisotopic (exact) mass is 373 g/mol. The van der Waals surface area contributed by atoms with Crippen LogP contribution in [0.5, 0.6) is 0 Å². The van der Waals surface area contributed by atoms with Gasteiger partial charge in [-0.15, -0.1) is 0 Å². The van der Waals surface area contributed by atoms with Crippen LogP contribution < -0.4 is 5.32 Å². The van der Waals surface area contributed by atoms with Crippen molar-refractivity contribution in [3.63, 3.8) is 0 Å². The normalized spacial score (nSPS) is 10.3. The first kappa shape index (κ1) is 19.4. The Kier molecular flexibility index (Phi) is 6.58. The summed E-state index contributed by atoms with van der Waals surface area (Å²) in [7, 11) is 0. The number of aryl methyl sites for hydroxylation is 1. The maximum absolute atomic E-state index is 12.3. The average molecular weight is 373 g/mol. The van der Waals surface area contributed by atoms with Crippen LogP contribution in [0.2, 0.25) is 0 Å². The SMILES string of the molecule is Cc1ccccc1CC(=O)OCC(=O)Nc1ccccc1Cc1ccccc1. The molecule has 0 saturated heterocycles. The highest BCUT2D eigenvalue weighted by Crippen LogP contribution is 2.19. The van der Waals surface area contributed by atoms with Crippen molar-refractivity contribution < 1.29 is 14.3 Å². The lowest BCUT2D eigenvalue weighted by Gasteiger charge is -2.12. The summed E-state index contributed by atoms with van der Waals surface area (Å²) in [5.41, 5.74) is 4.83. The van der Waals surface area contributed by atoms with Crippen LogP contribution in [0.1, 0.15) is 22.3 Å². The summed E-state index contributed by atoms with van der Waals surface area (Å²) in [6.45, 7) is 1.64. The fraction of sp³-hybridized carbons (Fsp3) is 0.167. The van der Waals surface area contributed by atoms with Crippen LogP contribution in [-0.2, 0) is 27.2 Å². The number of rotatable bonds is 7. The zero-order chi connectivity index (χ0) is 19.8. The minimum absolute atomic E-state index is 0.157. The number of amides is 1. The van der Waals surface area contributed by atoms with Crippen LogP contribution >= 0.6 is 0 Å². The van der Waals surface area contributed by atoms with E-state index in [2.05, 4.69) is 5.32 Å². The number of hydrogen-bond donors (Lipinski definition) is 1. The van der Waals surface area contributed by atoms with E-state index in [4.69, 9.17) is 4.74 Å². The highest BCUT2D eigenvalue weighted by Gasteiger charge is 2.11. The number of carbonyl (C=O) groups excluding carboxylic acids is 2. The molecule has 4 heteroatoms. The molecule has 3 aromatic carbocycles. The van der Waals surface area contributed by atoms with Crippen LogP contribution in [0.3, 0.4) is 0 Å². The van der Waals surface area contributed by atoms with Gasteiger partial charge in [0.1, 0.15) is 0 Å². The van der Waals surface area contributed by atoms with E-state index in [1.807, 2.05) is 85.8 Å². The van der Waals surface area contributed by atoms with Crippen LogP contribution in [0.25, 0.3) is 0 Å². The number of para-hydroxylation sites is 1. The minimum atomic E-state index is -0.415. The van der Waals surface area contributed by atoms with E-state index >= 15 is 0 Å². The first-order valence-electron chi connectivity index (χ1n) is 9.23. The number of anilines is 1. The molecule has 0 fully saturated rings. The Labute approximate surface area is 165 Å². The Morgan fingerprint density at radius 2 is 1.46 bits per heavy atom. The van der Waals surface area contributed by atoms with Crippen molar-refractivity contribution in [2.75, 3.05) is 11.9 Å². The van der Waals surface area contributed by atoms with Crippen LogP contribution in [0, 0.1) is 6.92 Å². The third kappa shape index (κ3) is 5.55. The molecule has 28 heavy (non-hydrogen) atoms. The molecule has 142 valence electrons. The lowest BCUT2D eigenvalue weighted by atomic mass is 10.0. The summed E-state index contributed by atoms with van der Waals surface area (Å²) < 4.78 is 5.14. The van der Waals surface area contributed by atoms with Crippen molar-refractivity contribution in [3.8, 4) is 0 Å². The van der Waals surface area contributed by atoms with Gasteiger partial charge in [0.05, 0.1) is 6.42 Å². The van der Waals surface area contributed by atoms with Gasteiger partial charge >= 0.3 is 5.97 Å². The van der Waals surface area contributed by atoms with Crippen molar-refractivity contribution in [3.05, 3.63) is 101 Å². The zero-order valence-corrected chi connectivity index (χ0v) is 15.9. The van der Waals surface area contributed by atoms with Gasteiger partial charge in [-0.05, 0) is 41.7 Å². The number of nitrogens with one attached hydrogen (secondary N) is 1. The maximum Gasteiger partial charge on any atom is 0.310 e. The van der Waals surface area contributed by atoms with E-state index in [9.17, 15) is 9.59 Å². The predicted octanol–water partition coefficient (Wildman–Crippen LogP) is 4.31. The summed E-state index contributed by atoms with van der Waals surface area (Å²) in [6.07, 6.45) is 0.870. The van der Waals surface area contributed by atoms with Gasteiger partial charge in [-0.25, -0.2) is 0 Å². The summed E-state index contributed by atoms with van der Waals surface area (Å²) >= 11 is 0. The first-order chi connectivity index (χ1) is 13.6. The molecule has 0 bridgehead atoms. The summed E-state index contributed by atoms with van der Waals surface area (Å²) in [5, 5.41) is 2.85. The summed E-state index contributed by atoms with van der Waals surface area (Å²) in [4.78, 5) is 24.3. The molecule has 0 unspecified atom stereocenters. The number of carbonyl (C=O) groups is 2. The quantitative estimate of drug-likeness (QED) is 0.628. The Hall–Kier alpha value is -3.40. The molecule has 0 saturated carbocycles. The average Bonchev–Trinajstić information content (AvgIpc) is 2.70. The zero-order valence-electron chi connectivity index (χ0n) is 15.9. The first-order valence-corrected chi connectivity index (χ1v) is 9.23. The second-order valence-electron chi connectivity index (χ2n) is 6.63. The third-order valence-corrected chi connectivity index (χ3v) is 4.49. The fourth-order valence-corrected chi connectivity index (χ4v) is 2.96. The smallest absolute Gasteiger partial charge is 0.310 e. The molecule has 0 heterocycles. The Balaban J connectivity index is 1.55. The van der Waals surface area contributed by atoms with Gasteiger partial charge in [-0.1, -0.05) is 72.8 Å². The summed E-state index contributed by atoms with van der Waals surface area (Å²) in [5.74, 6) is -0.763. The van der Waals surface area contributed by atoms with Gasteiger partial charge < -0.3 is 10.1 Å². The van der Waals surface area contributed by atoms with Crippen LogP contribution in [-0.4, -0.2) is 18.5 Å². The predicted molar refractivity (Wildman–Crippen MR) is 110 cm³/mol. The Bertz CT molecular complexity index is 951. The van der Waals surface area contributed by atoms with Crippen molar-refractivity contribution >= 4 is 17.6 Å². The fourth-order valence-electron chi connectivity index (χ4n) is 2.96. The highest BCUT2D eigenvalue weighted by molar-refractivity contribution is 5.93. The second-order valence-corrected chi connectivity index (χ2v) is 6.63. The molecular weight excluding hydrogens is 350 g/mol. The summed E-state index contributed by atoms with van der Waals surface area (Å²) in [6, 6.07) is 25.3. The molecule has 0 aliphatic rings. The molecule has 4 nitrogen and oxygen atoms in total. The Morgan fingerprint density at radius 1 is 0.821 bits per heavy atom. The van der Waals surface area contributed by atoms with Crippen LogP contribution in [0.15, 0.2) is 78.9 Å². The second kappa shape index (κ2) is 9.51. The molecule has 0 spiro atoms. The van der Waals surface area contributed by atoms with E-state index in [0.29, 0.717) is 6.42 Å². The van der Waals surface area contributed by atoms with Gasteiger partial charge in [-0.2, -0.15) is 0 Å². The molecule has 0 aromatic heterocycles. The van der Waals surface area contributed by atoms with Crippen molar-refractivity contribution in [2.24, 2.45) is 0 Å². The van der Waals surface area contributed by atoms with E-state index < -0.39 is 5.97 Å². The maximum atomic E-state index is 12.3. The van der Waals surface area contributed by atoms with E-state index in [-0.39, 0.29) is 18.9 Å². The Morgan fingerprint density at radius 3 is 2.21 bits per heavy atom. The van der Waals surface area contributed by atoms with Gasteiger partial charge in [0.25, 0.3) is 5.91 Å². The number of ether oxygens (including phenoxy) is 1. The standard InChI is InChI=1S/C24H23NO3/c1-18-9-5-6-12-20(18)16-24(27)28-17-23(26)25-22-14-8-7-13-21(22)15-19-10-3-2-4-11-19/h2-14H,15-17H2,1H3,(H,25,26). The molecule has 0 atom stereocenters. The lowest BCUT2D eigenvalue weighted by molar-refractivity contribution is -0.146. The van der Waals surface area contributed by atoms with E-state index in [1.165, 1.54) is 0 Å². The number of esters is 1. The van der Waals surface area contributed by atoms with Crippen molar-refractivity contribution in [1.29, 1.82) is 0 Å². The number of benzene rings is 3. The molecule has 3 aromatic rings. The van der Waals surface area contributed by atoms with Crippen molar-refractivity contribution in [2.45, 2.75) is 19.8 Å². The van der Waals surface area contributed by atoms with Gasteiger partial charge in [-0.3, -0.25) is 9.59 Å². The molecule has 1 amide bonds. The molecule has 0 radical (unpaired) electrons. The van der Waals surface area contributed by atoms with Crippen molar-refractivity contribution in [1.82, 2.24) is 0 Å². The van der Waals surface area contributed by atoms with Gasteiger partial charge in [0, 0.05) is 5.69 Å². The topological polar surface area (TPSA) is 55.4 Å². The molecule has 1 N–H and O–H groups in total. The van der Waals surface area contributed by atoms with Crippen LogP contribution in [0.4, 0.5) is 5.69 Å². The largest absolute Gasteiger partial charge is 0.455 e. The van der Waals surface area contributed by atoms with Gasteiger partial charge in [0.15, 0.2) is 6.61 Å². The molecule has 3 rings (SSSR count). The lowest BCUT2D eigenvalue weighted by Crippen LogP contribution is -2.22. The van der Waals surface area contributed by atoms with E-state index in [1.54, 1.807) is 0 Å². The third-order valence-electron chi connectivity index (χ3n) is 4.49. The minimum Gasteiger partial charge on any atom is -0.455 e. The van der Waals surface area contributed by atoms with Gasteiger partial charge in [0.2, 0.25) is 0 Å².